The van der Waals surface area contributed by atoms with E-state index in [1.807, 2.05) is 18.3 Å². The molecule has 2 aromatic heterocycles. The number of allylic oxidation sites excluding steroid dienone is 2. The van der Waals surface area contributed by atoms with E-state index in [1.165, 1.54) is 33.5 Å². The van der Waals surface area contributed by atoms with Gasteiger partial charge in [-0.1, -0.05) is 190 Å². The number of benzene rings is 7. The molecule has 1 aliphatic heterocycles. The van der Waals surface area contributed by atoms with Crippen LogP contribution in [0.5, 0.6) is 11.5 Å². The Balaban J connectivity index is 0.00000608. The average molecular weight is 1100 g/mol. The second-order valence-electron chi connectivity index (χ2n) is 21.5. The molecule has 7 aromatic carbocycles. The quantitative estimate of drug-likeness (QED) is 0.128. The van der Waals surface area contributed by atoms with E-state index in [2.05, 4.69) is 266 Å². The fourth-order valence-corrected chi connectivity index (χ4v) is 9.93. The standard InChI is InChI=1S/C64H61N4O.Pt/c1-61(2,3)48-28-20-29-50(39-48)66-43-67(60(64(9,10)47-26-18-13-19-27-47)59(66)63(7,8)46-24-16-12-17-25-46)51-30-21-31-52(41-51)69-53-33-34-54-55-38-45(44-22-14-11-15-23-44)32-35-56(55)68(57(54)42-53)58-40-49(36-37-65-58)62(4,5)6;/h11-40,43H,1-10H3;/q-3;. The smallest absolute Gasteiger partial charge is 0.135 e. The van der Waals surface area contributed by atoms with Gasteiger partial charge in [0.2, 0.25) is 0 Å². The third kappa shape index (κ3) is 9.01. The van der Waals surface area contributed by atoms with Crippen molar-refractivity contribution in [2.45, 2.75) is 90.9 Å². The van der Waals surface area contributed by atoms with Crippen LogP contribution in [0.25, 0.3) is 38.8 Å². The monoisotopic (exact) mass is 1100 g/mol. The van der Waals surface area contributed by atoms with Crippen molar-refractivity contribution in [1.29, 1.82) is 0 Å². The topological polar surface area (TPSA) is 33.5 Å². The predicted octanol–water partition coefficient (Wildman–Crippen LogP) is 16.4. The molecule has 10 rings (SSSR count). The fourth-order valence-electron chi connectivity index (χ4n) is 9.93. The van der Waals surface area contributed by atoms with Crippen molar-refractivity contribution < 1.29 is 25.8 Å². The molecule has 0 saturated heterocycles. The molecule has 356 valence electrons. The molecule has 0 amide bonds. The zero-order valence-corrected chi connectivity index (χ0v) is 44.2. The number of pyridine rings is 1. The van der Waals surface area contributed by atoms with Gasteiger partial charge in [0.15, 0.2) is 0 Å². The van der Waals surface area contributed by atoms with E-state index in [0.717, 1.165) is 50.3 Å². The van der Waals surface area contributed by atoms with Crippen molar-refractivity contribution in [1.82, 2.24) is 9.55 Å². The molecule has 0 fully saturated rings. The summed E-state index contributed by atoms with van der Waals surface area (Å²) in [6.07, 6.45) is 1.92. The maximum Gasteiger partial charge on any atom is 0.135 e. The zero-order valence-electron chi connectivity index (χ0n) is 41.9. The molecule has 0 atom stereocenters. The third-order valence-electron chi connectivity index (χ3n) is 13.9. The van der Waals surface area contributed by atoms with E-state index in [0.29, 0.717) is 11.5 Å². The maximum atomic E-state index is 6.86. The Kier molecular flexibility index (Phi) is 12.8. The Bertz CT molecular complexity index is 3360. The third-order valence-corrected chi connectivity index (χ3v) is 13.9. The fraction of sp³-hybridized carbons (Fsp3) is 0.219. The van der Waals surface area contributed by atoms with Crippen LogP contribution in [-0.2, 0) is 42.7 Å². The molecular formula is C64H61N4OPt-3. The summed E-state index contributed by atoms with van der Waals surface area (Å²) in [5.74, 6) is 2.02. The van der Waals surface area contributed by atoms with Crippen LogP contribution in [0.1, 0.15) is 91.5 Å². The summed E-state index contributed by atoms with van der Waals surface area (Å²) in [5, 5.41) is 2.20. The number of hydrogen-bond donors (Lipinski definition) is 0. The Morgan fingerprint density at radius 2 is 1.04 bits per heavy atom. The van der Waals surface area contributed by atoms with Crippen LogP contribution in [0, 0.1) is 18.8 Å². The van der Waals surface area contributed by atoms with Crippen LogP contribution in [0.2, 0.25) is 0 Å². The summed E-state index contributed by atoms with van der Waals surface area (Å²) in [6.45, 7) is 25.2. The number of fused-ring (bicyclic) bond motifs is 3. The number of hydrogen-bond acceptors (Lipinski definition) is 4. The minimum absolute atomic E-state index is 0. The molecule has 1 aliphatic rings. The van der Waals surface area contributed by atoms with Crippen molar-refractivity contribution in [3.8, 4) is 28.4 Å². The summed E-state index contributed by atoms with van der Waals surface area (Å²) in [6, 6.07) is 70.1. The number of rotatable bonds is 10. The minimum Gasteiger partial charge on any atom is -0.509 e. The van der Waals surface area contributed by atoms with Gasteiger partial charge in [-0.3, -0.25) is 0 Å². The molecule has 5 nitrogen and oxygen atoms in total. The van der Waals surface area contributed by atoms with E-state index < -0.39 is 10.8 Å². The molecule has 0 saturated carbocycles. The molecule has 3 heterocycles. The van der Waals surface area contributed by atoms with Crippen molar-refractivity contribution in [3.05, 3.63) is 235 Å². The van der Waals surface area contributed by atoms with E-state index >= 15 is 0 Å². The largest absolute Gasteiger partial charge is 0.509 e. The molecule has 0 aliphatic carbocycles. The molecule has 0 N–H and O–H groups in total. The van der Waals surface area contributed by atoms with Gasteiger partial charge in [-0.05, 0) is 79.9 Å². The minimum atomic E-state index is -0.453. The van der Waals surface area contributed by atoms with Crippen LogP contribution in [0.15, 0.2) is 194 Å². The first-order valence-corrected chi connectivity index (χ1v) is 24.1. The van der Waals surface area contributed by atoms with Gasteiger partial charge in [-0.15, -0.1) is 48.1 Å². The summed E-state index contributed by atoms with van der Waals surface area (Å²) in [7, 11) is 0. The number of anilines is 2. The van der Waals surface area contributed by atoms with E-state index in [-0.39, 0.29) is 31.9 Å². The normalized spacial score (nSPS) is 13.6. The molecule has 0 radical (unpaired) electrons. The van der Waals surface area contributed by atoms with Crippen LogP contribution in [-0.4, -0.2) is 9.55 Å². The number of aromatic nitrogens is 2. The van der Waals surface area contributed by atoms with Gasteiger partial charge in [-0.25, -0.2) is 4.98 Å². The van der Waals surface area contributed by atoms with E-state index in [9.17, 15) is 0 Å². The maximum absolute atomic E-state index is 6.86. The van der Waals surface area contributed by atoms with Crippen LogP contribution in [0.3, 0.4) is 0 Å². The Hall–Kier alpha value is -6.68. The van der Waals surface area contributed by atoms with Gasteiger partial charge in [-0.2, -0.15) is 12.1 Å². The van der Waals surface area contributed by atoms with Crippen LogP contribution < -0.4 is 14.5 Å². The molecule has 70 heavy (non-hydrogen) atoms. The molecule has 0 bridgehead atoms. The summed E-state index contributed by atoms with van der Waals surface area (Å²) < 4.78 is 9.09. The first-order chi connectivity index (χ1) is 33.0. The first kappa shape index (κ1) is 48.3. The van der Waals surface area contributed by atoms with Gasteiger partial charge in [0.25, 0.3) is 0 Å². The van der Waals surface area contributed by atoms with Crippen molar-refractivity contribution in [2.24, 2.45) is 0 Å². The Labute approximate surface area is 429 Å². The number of nitrogens with zero attached hydrogens (tertiary/aromatic N) is 4. The predicted molar refractivity (Wildman–Crippen MR) is 287 cm³/mol. The Morgan fingerprint density at radius 1 is 0.471 bits per heavy atom. The van der Waals surface area contributed by atoms with Gasteiger partial charge in [0.1, 0.15) is 5.82 Å². The summed E-state index contributed by atoms with van der Waals surface area (Å²) >= 11 is 0. The molecule has 6 heteroatoms. The van der Waals surface area contributed by atoms with E-state index in [4.69, 9.17) is 9.72 Å². The van der Waals surface area contributed by atoms with Gasteiger partial charge < -0.3 is 19.1 Å². The van der Waals surface area contributed by atoms with Gasteiger partial charge >= 0.3 is 0 Å². The van der Waals surface area contributed by atoms with Crippen molar-refractivity contribution in [2.75, 3.05) is 9.80 Å². The molecule has 9 aromatic rings. The second kappa shape index (κ2) is 18.6. The van der Waals surface area contributed by atoms with Crippen molar-refractivity contribution in [3.63, 3.8) is 0 Å². The second-order valence-corrected chi connectivity index (χ2v) is 21.5. The summed E-state index contributed by atoms with van der Waals surface area (Å²) in [4.78, 5) is 9.71. The molecule has 0 unspecified atom stereocenters. The average Bonchev–Trinajstić information content (AvgIpc) is 3.92. The number of ether oxygens (including phenoxy) is 1. The van der Waals surface area contributed by atoms with E-state index in [1.54, 1.807) is 0 Å². The summed E-state index contributed by atoms with van der Waals surface area (Å²) in [5.41, 5.74) is 12.6. The SMILES string of the molecule is CC(C)(C)c1cccc(N2[CH-]N(c3[c-]c(Oc4[c-]c5c(cc4)c4cc(-c6ccccc6)ccc4n5-c4cc(C(C)(C)C)ccn4)ccc3)C(C(C)(C)c3ccccc3)=C2C(C)(C)c2ccccc2)c1.[Pt]. The molecular weight excluding hydrogens is 1040 g/mol. The Morgan fingerprint density at radius 3 is 1.69 bits per heavy atom. The van der Waals surface area contributed by atoms with Crippen LogP contribution in [0.4, 0.5) is 11.4 Å². The van der Waals surface area contributed by atoms with Crippen molar-refractivity contribution >= 4 is 33.2 Å². The first-order valence-electron chi connectivity index (χ1n) is 24.1. The van der Waals surface area contributed by atoms with Gasteiger partial charge in [0, 0.05) is 72.2 Å². The molecule has 0 spiro atoms. The van der Waals surface area contributed by atoms with Crippen LogP contribution >= 0.6 is 0 Å². The van der Waals surface area contributed by atoms with Gasteiger partial charge in [0.05, 0.1) is 0 Å². The zero-order chi connectivity index (χ0) is 48.3.